The molecule has 5 N–H and O–H groups in total. The van der Waals surface area contributed by atoms with Crippen molar-refractivity contribution in [2.45, 2.75) is 0 Å². The highest BCUT2D eigenvalue weighted by atomic mass is 19.0. The van der Waals surface area contributed by atoms with Gasteiger partial charge >= 0.3 is 6.03 Å². The summed E-state index contributed by atoms with van der Waals surface area (Å²) in [5.41, 5.74) is 8.50. The molecule has 0 aliphatic carbocycles. The molecule has 12 heavy (non-hydrogen) atoms. The van der Waals surface area contributed by atoms with Crippen LogP contribution in [-0.2, 0) is 0 Å². The van der Waals surface area contributed by atoms with Crippen molar-refractivity contribution in [3.63, 3.8) is 0 Å². The molecule has 2 amide bonds. The van der Waals surface area contributed by atoms with E-state index in [-0.39, 0.29) is 4.70 Å². The van der Waals surface area contributed by atoms with Gasteiger partial charge in [-0.3, -0.25) is 4.70 Å². The summed E-state index contributed by atoms with van der Waals surface area (Å²) in [6.45, 7) is 0. The standard InChI is InChI=1S/C6H6O.CH4N2O.FH/c7-6-4-2-1-3-5-6;2-1(3)4;/h1-5,7H;(H4,2,3,4);1H. The maximum Gasteiger partial charge on any atom is 0.309 e. The number of carbonyl (C=O) groups is 1. The molecule has 0 heterocycles. The van der Waals surface area contributed by atoms with Crippen molar-refractivity contribution in [1.29, 1.82) is 0 Å². The molecule has 0 spiro atoms. The Labute approximate surface area is 69.2 Å². The molecule has 0 radical (unpaired) electrons. The first-order chi connectivity index (χ1) is 5.13. The predicted molar refractivity (Wildman–Crippen MR) is 44.4 cm³/mol. The number of benzene rings is 1. The van der Waals surface area contributed by atoms with Crippen molar-refractivity contribution in [3.05, 3.63) is 30.3 Å². The first-order valence-electron chi connectivity index (χ1n) is 2.92. The number of hydrogen-bond donors (Lipinski definition) is 3. The zero-order chi connectivity index (χ0) is 8.69. The minimum absolute atomic E-state index is 0. The number of rotatable bonds is 0. The van der Waals surface area contributed by atoms with Gasteiger partial charge in [-0.15, -0.1) is 0 Å². The predicted octanol–water partition coefficient (Wildman–Crippen LogP) is 0.569. The number of para-hydroxylation sites is 1. The lowest BCUT2D eigenvalue weighted by atomic mass is 10.3. The monoisotopic (exact) mass is 174 g/mol. The average molecular weight is 174 g/mol. The number of phenols is 1. The van der Waals surface area contributed by atoms with Crippen molar-refractivity contribution in [2.75, 3.05) is 0 Å². The fourth-order valence-electron chi connectivity index (χ4n) is 0.428. The van der Waals surface area contributed by atoms with Crippen LogP contribution in [-0.4, -0.2) is 11.1 Å². The summed E-state index contributed by atoms with van der Waals surface area (Å²) in [6, 6.07) is 7.88. The van der Waals surface area contributed by atoms with E-state index < -0.39 is 6.03 Å². The van der Waals surface area contributed by atoms with Crippen molar-refractivity contribution in [3.8, 4) is 5.75 Å². The molecule has 1 aromatic rings. The first-order valence-corrected chi connectivity index (χ1v) is 2.92. The number of urea groups is 1. The summed E-state index contributed by atoms with van der Waals surface area (Å²) in [5, 5.41) is 8.63. The van der Waals surface area contributed by atoms with E-state index in [0.29, 0.717) is 5.75 Å². The Kier molecular flexibility index (Phi) is 7.85. The van der Waals surface area contributed by atoms with Gasteiger partial charge in [-0.1, -0.05) is 18.2 Å². The van der Waals surface area contributed by atoms with Crippen molar-refractivity contribution >= 4 is 6.03 Å². The number of amides is 2. The number of phenolic OH excluding ortho intramolecular Hbond substituents is 1. The number of primary amides is 2. The smallest absolute Gasteiger partial charge is 0.309 e. The minimum Gasteiger partial charge on any atom is -0.508 e. The largest absolute Gasteiger partial charge is 0.508 e. The second-order valence-corrected chi connectivity index (χ2v) is 1.74. The molecule has 0 unspecified atom stereocenters. The molecule has 0 aliphatic rings. The number of aromatic hydroxyl groups is 1. The molecule has 1 aromatic carbocycles. The molecule has 0 aromatic heterocycles. The van der Waals surface area contributed by atoms with Crippen molar-refractivity contribution in [2.24, 2.45) is 11.5 Å². The summed E-state index contributed by atoms with van der Waals surface area (Å²) in [5.74, 6) is 0.322. The SMILES string of the molecule is F.NC(N)=O.Oc1ccccc1. The van der Waals surface area contributed by atoms with Gasteiger partial charge in [-0.2, -0.15) is 0 Å². The van der Waals surface area contributed by atoms with E-state index in [0.717, 1.165) is 0 Å². The van der Waals surface area contributed by atoms with Crippen LogP contribution in [0, 0.1) is 0 Å². The van der Waals surface area contributed by atoms with Gasteiger partial charge in [-0.05, 0) is 12.1 Å². The van der Waals surface area contributed by atoms with E-state index in [4.69, 9.17) is 9.90 Å². The average Bonchev–Trinajstić information content (AvgIpc) is 1.87. The van der Waals surface area contributed by atoms with E-state index in [9.17, 15) is 0 Å². The maximum atomic E-state index is 9.00. The Bertz CT molecular complexity index is 212. The normalized spacial score (nSPS) is 7.00. The third-order valence-corrected chi connectivity index (χ3v) is 0.756. The summed E-state index contributed by atoms with van der Waals surface area (Å²) >= 11 is 0. The molecule has 68 valence electrons. The molecule has 0 fully saturated rings. The lowest BCUT2D eigenvalue weighted by Crippen LogP contribution is -2.18. The number of carbonyl (C=O) groups excluding carboxylic acids is 1. The van der Waals surface area contributed by atoms with Crippen LogP contribution in [0.1, 0.15) is 0 Å². The van der Waals surface area contributed by atoms with Crippen molar-refractivity contribution in [1.82, 2.24) is 0 Å². The molecule has 0 atom stereocenters. The first kappa shape index (κ1) is 12.9. The second-order valence-electron chi connectivity index (χ2n) is 1.74. The number of nitrogens with two attached hydrogens (primary N) is 2. The quantitative estimate of drug-likeness (QED) is 0.536. The molecule has 0 saturated heterocycles. The number of hydrogen-bond acceptors (Lipinski definition) is 2. The van der Waals surface area contributed by atoms with Crippen LogP contribution < -0.4 is 11.5 Å². The Hall–Kier alpha value is -1.78. The van der Waals surface area contributed by atoms with Gasteiger partial charge in [0.1, 0.15) is 5.75 Å². The summed E-state index contributed by atoms with van der Waals surface area (Å²) in [7, 11) is 0. The molecule has 0 saturated carbocycles. The van der Waals surface area contributed by atoms with Gasteiger partial charge in [0, 0.05) is 0 Å². The summed E-state index contributed by atoms with van der Waals surface area (Å²) < 4.78 is 0. The Morgan fingerprint density at radius 2 is 1.50 bits per heavy atom. The molecule has 5 heteroatoms. The zero-order valence-electron chi connectivity index (χ0n) is 6.31. The molecule has 4 nitrogen and oxygen atoms in total. The zero-order valence-corrected chi connectivity index (χ0v) is 6.31. The third-order valence-electron chi connectivity index (χ3n) is 0.756. The Morgan fingerprint density at radius 3 is 1.67 bits per heavy atom. The third kappa shape index (κ3) is 11.1. The van der Waals surface area contributed by atoms with Gasteiger partial charge in [0.25, 0.3) is 0 Å². The van der Waals surface area contributed by atoms with Crippen LogP contribution in [0.5, 0.6) is 5.75 Å². The summed E-state index contributed by atoms with van der Waals surface area (Å²) in [4.78, 5) is 9.00. The van der Waals surface area contributed by atoms with E-state index in [1.54, 1.807) is 24.3 Å². The minimum atomic E-state index is -0.833. The molecular formula is C7H11FN2O2. The number of halogens is 1. The van der Waals surface area contributed by atoms with Crippen LogP contribution in [0.15, 0.2) is 30.3 Å². The van der Waals surface area contributed by atoms with Gasteiger partial charge in [0.15, 0.2) is 0 Å². The Morgan fingerprint density at radius 1 is 1.17 bits per heavy atom. The topological polar surface area (TPSA) is 89.3 Å². The lowest BCUT2D eigenvalue weighted by molar-refractivity contribution is 0.256. The molecule has 0 bridgehead atoms. The van der Waals surface area contributed by atoms with E-state index in [1.807, 2.05) is 6.07 Å². The van der Waals surface area contributed by atoms with Crippen LogP contribution in [0.25, 0.3) is 0 Å². The Balaban J connectivity index is 0. The van der Waals surface area contributed by atoms with Gasteiger partial charge in [0.2, 0.25) is 0 Å². The molecule has 0 aliphatic heterocycles. The summed E-state index contributed by atoms with van der Waals surface area (Å²) in [6.07, 6.45) is 0. The van der Waals surface area contributed by atoms with E-state index in [1.165, 1.54) is 0 Å². The fraction of sp³-hybridized carbons (Fsp3) is 0. The van der Waals surface area contributed by atoms with E-state index in [2.05, 4.69) is 11.5 Å². The highest BCUT2D eigenvalue weighted by molar-refractivity contribution is 5.69. The van der Waals surface area contributed by atoms with Gasteiger partial charge in [0.05, 0.1) is 0 Å². The molecular weight excluding hydrogens is 163 g/mol. The lowest BCUT2D eigenvalue weighted by Gasteiger charge is -1.82. The highest BCUT2D eigenvalue weighted by Crippen LogP contribution is 2.02. The van der Waals surface area contributed by atoms with Crippen LogP contribution in [0.2, 0.25) is 0 Å². The van der Waals surface area contributed by atoms with Crippen molar-refractivity contribution < 1.29 is 14.6 Å². The van der Waals surface area contributed by atoms with Gasteiger partial charge in [-0.25, -0.2) is 4.79 Å². The second kappa shape index (κ2) is 7.33. The fourth-order valence-corrected chi connectivity index (χ4v) is 0.428. The van der Waals surface area contributed by atoms with E-state index >= 15 is 0 Å². The maximum absolute atomic E-state index is 9.00. The van der Waals surface area contributed by atoms with Crippen LogP contribution in [0.3, 0.4) is 0 Å². The van der Waals surface area contributed by atoms with Gasteiger partial charge < -0.3 is 16.6 Å². The molecule has 1 rings (SSSR count). The van der Waals surface area contributed by atoms with Crippen LogP contribution in [0.4, 0.5) is 9.50 Å². The van der Waals surface area contributed by atoms with Crippen LogP contribution >= 0.6 is 0 Å². The highest BCUT2D eigenvalue weighted by Gasteiger charge is 1.74.